The minimum absolute atomic E-state index is 0.0405. The van der Waals surface area contributed by atoms with Crippen molar-refractivity contribution in [3.05, 3.63) is 28.3 Å². The lowest BCUT2D eigenvalue weighted by atomic mass is 10.0. The van der Waals surface area contributed by atoms with Crippen molar-refractivity contribution in [3.8, 4) is 11.8 Å². The monoisotopic (exact) mass is 195 g/mol. The van der Waals surface area contributed by atoms with Crippen LogP contribution in [0.15, 0.2) is 12.1 Å². The van der Waals surface area contributed by atoms with Crippen LogP contribution in [0.25, 0.3) is 0 Å². The van der Waals surface area contributed by atoms with Crippen LogP contribution in [0.3, 0.4) is 0 Å². The summed E-state index contributed by atoms with van der Waals surface area (Å²) in [6, 6.07) is 5.45. The maximum Gasteiger partial charge on any atom is 0.134 e. The molecule has 0 saturated carbocycles. The predicted octanol–water partition coefficient (Wildman–Crippen LogP) is 2.98. The second kappa shape index (κ2) is 3.68. The summed E-state index contributed by atoms with van der Waals surface area (Å²) in [6.45, 7) is 3.58. The Kier molecular flexibility index (Phi) is 2.79. The van der Waals surface area contributed by atoms with E-state index < -0.39 is 0 Å². The normalized spacial score (nSPS) is 12.2. The molecule has 1 unspecified atom stereocenters. The van der Waals surface area contributed by atoms with Crippen LogP contribution in [-0.4, -0.2) is 5.11 Å². The highest BCUT2D eigenvalue weighted by atomic mass is 35.5. The SMILES string of the molecule is Cc1cc(C(C)C#N)cc(O)c1Cl. The molecule has 0 spiro atoms. The van der Waals surface area contributed by atoms with Crippen molar-refractivity contribution >= 4 is 11.6 Å². The van der Waals surface area contributed by atoms with E-state index in [1.807, 2.05) is 6.07 Å². The highest BCUT2D eigenvalue weighted by molar-refractivity contribution is 6.32. The molecule has 1 N–H and O–H groups in total. The molecule has 1 aromatic rings. The van der Waals surface area contributed by atoms with Crippen molar-refractivity contribution in [2.45, 2.75) is 19.8 Å². The summed E-state index contributed by atoms with van der Waals surface area (Å²) in [5.41, 5.74) is 1.58. The van der Waals surface area contributed by atoms with Gasteiger partial charge in [-0.15, -0.1) is 0 Å². The lowest BCUT2D eigenvalue weighted by Gasteiger charge is -2.07. The number of benzene rings is 1. The van der Waals surface area contributed by atoms with Gasteiger partial charge in [-0.05, 0) is 31.0 Å². The van der Waals surface area contributed by atoms with Crippen molar-refractivity contribution in [3.63, 3.8) is 0 Å². The number of hydrogen-bond donors (Lipinski definition) is 1. The molecule has 0 heterocycles. The first-order valence-electron chi connectivity index (χ1n) is 3.95. The molecule has 1 aromatic carbocycles. The van der Waals surface area contributed by atoms with Gasteiger partial charge in [0, 0.05) is 0 Å². The molecule has 0 aliphatic carbocycles. The van der Waals surface area contributed by atoms with Gasteiger partial charge >= 0.3 is 0 Å². The summed E-state index contributed by atoms with van der Waals surface area (Å²) in [5.74, 6) is -0.180. The molecule has 68 valence electrons. The van der Waals surface area contributed by atoms with E-state index in [9.17, 15) is 5.11 Å². The molecular weight excluding hydrogens is 186 g/mol. The maximum atomic E-state index is 9.38. The fraction of sp³-hybridized carbons (Fsp3) is 0.300. The summed E-state index contributed by atoms with van der Waals surface area (Å²) in [4.78, 5) is 0. The Morgan fingerprint density at radius 3 is 2.62 bits per heavy atom. The van der Waals surface area contributed by atoms with Gasteiger partial charge in [0.15, 0.2) is 0 Å². The number of rotatable bonds is 1. The smallest absolute Gasteiger partial charge is 0.134 e. The second-order valence-corrected chi connectivity index (χ2v) is 3.40. The highest BCUT2D eigenvalue weighted by Gasteiger charge is 2.09. The van der Waals surface area contributed by atoms with Crippen LogP contribution in [0.5, 0.6) is 5.75 Å². The van der Waals surface area contributed by atoms with Crippen LogP contribution >= 0.6 is 11.6 Å². The number of nitriles is 1. The minimum Gasteiger partial charge on any atom is -0.506 e. The molecule has 13 heavy (non-hydrogen) atoms. The number of phenols is 1. The number of nitrogens with zero attached hydrogens (tertiary/aromatic N) is 1. The van der Waals surface area contributed by atoms with E-state index in [0.29, 0.717) is 5.02 Å². The molecule has 1 atom stereocenters. The molecule has 0 saturated heterocycles. The Morgan fingerprint density at radius 1 is 1.54 bits per heavy atom. The molecule has 1 rings (SSSR count). The molecule has 0 fully saturated rings. The third-order valence-electron chi connectivity index (χ3n) is 1.95. The van der Waals surface area contributed by atoms with Gasteiger partial charge in [-0.25, -0.2) is 0 Å². The zero-order valence-electron chi connectivity index (χ0n) is 7.50. The molecule has 3 heteroatoms. The number of aryl methyl sites for hydroxylation is 1. The highest BCUT2D eigenvalue weighted by Crippen LogP contribution is 2.30. The molecule has 0 aliphatic rings. The minimum atomic E-state index is -0.220. The van der Waals surface area contributed by atoms with E-state index in [0.717, 1.165) is 11.1 Å². The third-order valence-corrected chi connectivity index (χ3v) is 2.44. The molecule has 2 nitrogen and oxygen atoms in total. The standard InChI is InChI=1S/C10H10ClNO/c1-6-3-8(7(2)5-12)4-9(13)10(6)11/h3-4,7,13H,1-2H3. The van der Waals surface area contributed by atoms with Crippen molar-refractivity contribution in [1.82, 2.24) is 0 Å². The van der Waals surface area contributed by atoms with E-state index in [1.54, 1.807) is 13.8 Å². The average Bonchev–Trinajstić information content (AvgIpc) is 2.12. The lowest BCUT2D eigenvalue weighted by molar-refractivity contribution is 0.474. The van der Waals surface area contributed by atoms with Crippen molar-refractivity contribution in [1.29, 1.82) is 5.26 Å². The Morgan fingerprint density at radius 2 is 2.15 bits per heavy atom. The van der Waals surface area contributed by atoms with Gasteiger partial charge in [0.05, 0.1) is 17.0 Å². The number of phenolic OH excluding ortho intramolecular Hbond substituents is 1. The molecule has 0 bridgehead atoms. The van der Waals surface area contributed by atoms with Gasteiger partial charge in [0.2, 0.25) is 0 Å². The summed E-state index contributed by atoms with van der Waals surface area (Å²) < 4.78 is 0. The van der Waals surface area contributed by atoms with Crippen LogP contribution in [0, 0.1) is 18.3 Å². The van der Waals surface area contributed by atoms with E-state index in [4.69, 9.17) is 16.9 Å². The largest absolute Gasteiger partial charge is 0.506 e. The quantitative estimate of drug-likeness (QED) is 0.749. The van der Waals surface area contributed by atoms with Crippen LogP contribution < -0.4 is 0 Å². The van der Waals surface area contributed by atoms with Crippen molar-refractivity contribution in [2.24, 2.45) is 0 Å². The molecule has 0 aromatic heterocycles. The summed E-state index contributed by atoms with van der Waals surface area (Å²) in [6.07, 6.45) is 0. The Labute approximate surface area is 82.4 Å². The fourth-order valence-electron chi connectivity index (χ4n) is 1.10. The van der Waals surface area contributed by atoms with Crippen LogP contribution in [0.4, 0.5) is 0 Å². The number of hydrogen-bond acceptors (Lipinski definition) is 2. The molecule has 0 radical (unpaired) electrons. The Balaban J connectivity index is 3.22. The van der Waals surface area contributed by atoms with Gasteiger partial charge in [0.1, 0.15) is 5.75 Å². The van der Waals surface area contributed by atoms with Gasteiger partial charge < -0.3 is 5.11 Å². The fourth-order valence-corrected chi connectivity index (χ4v) is 1.21. The van der Waals surface area contributed by atoms with E-state index in [-0.39, 0.29) is 11.7 Å². The van der Waals surface area contributed by atoms with Gasteiger partial charge in [-0.2, -0.15) is 5.26 Å². The van der Waals surface area contributed by atoms with Gasteiger partial charge in [-0.1, -0.05) is 17.7 Å². The Bertz CT molecular complexity index is 345. The van der Waals surface area contributed by atoms with E-state index in [1.165, 1.54) is 6.07 Å². The van der Waals surface area contributed by atoms with Crippen molar-refractivity contribution in [2.75, 3.05) is 0 Å². The van der Waals surface area contributed by atoms with Crippen LogP contribution in [-0.2, 0) is 0 Å². The molecule has 0 aliphatic heterocycles. The first-order valence-corrected chi connectivity index (χ1v) is 4.32. The summed E-state index contributed by atoms with van der Waals surface area (Å²) in [7, 11) is 0. The summed E-state index contributed by atoms with van der Waals surface area (Å²) in [5, 5.41) is 18.4. The third kappa shape index (κ3) is 1.93. The first-order chi connectivity index (χ1) is 6.06. The average molecular weight is 196 g/mol. The van der Waals surface area contributed by atoms with Crippen LogP contribution in [0.1, 0.15) is 24.0 Å². The summed E-state index contributed by atoms with van der Waals surface area (Å²) >= 11 is 5.76. The number of aromatic hydroxyl groups is 1. The van der Waals surface area contributed by atoms with Gasteiger partial charge in [0.25, 0.3) is 0 Å². The van der Waals surface area contributed by atoms with E-state index in [2.05, 4.69) is 6.07 Å². The second-order valence-electron chi connectivity index (χ2n) is 3.02. The van der Waals surface area contributed by atoms with Crippen LogP contribution in [0.2, 0.25) is 5.02 Å². The zero-order chi connectivity index (χ0) is 10.0. The Hall–Kier alpha value is -1.20. The topological polar surface area (TPSA) is 44.0 Å². The lowest BCUT2D eigenvalue weighted by Crippen LogP contribution is -1.90. The maximum absolute atomic E-state index is 9.38. The first kappa shape index (κ1) is 9.88. The molecule has 0 amide bonds. The van der Waals surface area contributed by atoms with Gasteiger partial charge in [-0.3, -0.25) is 0 Å². The van der Waals surface area contributed by atoms with E-state index >= 15 is 0 Å². The molecular formula is C10H10ClNO. The number of halogens is 1. The van der Waals surface area contributed by atoms with Crippen molar-refractivity contribution < 1.29 is 5.11 Å². The zero-order valence-corrected chi connectivity index (χ0v) is 8.26. The predicted molar refractivity (Wildman–Crippen MR) is 51.9 cm³/mol.